The van der Waals surface area contributed by atoms with E-state index >= 15 is 0 Å². The standard InChI is InChI=1S/C22H22N4O2/c1-15-5-4-6-16(13-15)26-11-9-25(10-12-26)14-19-23-20-17-7-2-3-8-18(17)28-21(20)22(27)24-19/h2-8,13H,9-12,14H2,1H3,(H,23,24,27). The molecule has 6 heteroatoms. The van der Waals surface area contributed by atoms with E-state index in [1.165, 1.54) is 11.3 Å². The van der Waals surface area contributed by atoms with E-state index in [2.05, 4.69) is 46.0 Å². The lowest BCUT2D eigenvalue weighted by molar-refractivity contribution is 0.244. The maximum Gasteiger partial charge on any atom is 0.294 e. The van der Waals surface area contributed by atoms with Crippen molar-refractivity contribution in [3.8, 4) is 0 Å². The highest BCUT2D eigenvalue weighted by Gasteiger charge is 2.19. The van der Waals surface area contributed by atoms with Gasteiger partial charge in [0, 0.05) is 37.3 Å². The first kappa shape index (κ1) is 17.0. The van der Waals surface area contributed by atoms with E-state index < -0.39 is 0 Å². The van der Waals surface area contributed by atoms with Gasteiger partial charge >= 0.3 is 0 Å². The van der Waals surface area contributed by atoms with Crippen LogP contribution in [-0.2, 0) is 6.54 Å². The van der Waals surface area contributed by atoms with Crippen LogP contribution in [0.2, 0.25) is 0 Å². The third-order valence-corrected chi connectivity index (χ3v) is 5.39. The molecule has 0 unspecified atom stereocenters. The lowest BCUT2D eigenvalue weighted by Gasteiger charge is -2.36. The van der Waals surface area contributed by atoms with E-state index in [1.807, 2.05) is 24.3 Å². The number of para-hydroxylation sites is 1. The summed E-state index contributed by atoms with van der Waals surface area (Å²) in [5.41, 5.74) is 3.98. The summed E-state index contributed by atoms with van der Waals surface area (Å²) in [6.45, 7) is 6.54. The van der Waals surface area contributed by atoms with Gasteiger partial charge in [-0.2, -0.15) is 0 Å². The second kappa shape index (κ2) is 6.80. The number of hydrogen-bond acceptors (Lipinski definition) is 5. The minimum Gasteiger partial charge on any atom is -0.449 e. The normalized spacial score (nSPS) is 15.5. The van der Waals surface area contributed by atoms with Gasteiger partial charge in [0.25, 0.3) is 5.56 Å². The highest BCUT2D eigenvalue weighted by Crippen LogP contribution is 2.24. The Morgan fingerprint density at radius 3 is 2.71 bits per heavy atom. The van der Waals surface area contributed by atoms with Crippen molar-refractivity contribution in [2.45, 2.75) is 13.5 Å². The van der Waals surface area contributed by atoms with Crippen molar-refractivity contribution in [1.82, 2.24) is 14.9 Å². The molecule has 2 aromatic heterocycles. The maximum absolute atomic E-state index is 12.5. The van der Waals surface area contributed by atoms with Gasteiger partial charge in [-0.15, -0.1) is 0 Å². The van der Waals surface area contributed by atoms with E-state index in [1.54, 1.807) is 0 Å². The SMILES string of the molecule is Cc1cccc(N2CCN(Cc3nc4c(oc5ccccc54)c(=O)[nH]3)CC2)c1. The van der Waals surface area contributed by atoms with Crippen molar-refractivity contribution in [1.29, 1.82) is 0 Å². The first-order valence-corrected chi connectivity index (χ1v) is 9.62. The van der Waals surface area contributed by atoms with E-state index in [9.17, 15) is 4.79 Å². The molecule has 0 spiro atoms. The molecule has 0 aliphatic carbocycles. The van der Waals surface area contributed by atoms with E-state index in [0.29, 0.717) is 29.1 Å². The maximum atomic E-state index is 12.5. The molecule has 3 heterocycles. The van der Waals surface area contributed by atoms with Gasteiger partial charge in [0.1, 0.15) is 16.9 Å². The first-order valence-electron chi connectivity index (χ1n) is 9.62. The van der Waals surface area contributed by atoms with Crippen LogP contribution in [0.3, 0.4) is 0 Å². The molecule has 1 saturated heterocycles. The third-order valence-electron chi connectivity index (χ3n) is 5.39. The van der Waals surface area contributed by atoms with Crippen LogP contribution in [0.15, 0.2) is 57.7 Å². The summed E-state index contributed by atoms with van der Waals surface area (Å²) < 4.78 is 5.67. The largest absolute Gasteiger partial charge is 0.449 e. The highest BCUT2D eigenvalue weighted by molar-refractivity contribution is 6.01. The lowest BCUT2D eigenvalue weighted by atomic mass is 10.2. The smallest absolute Gasteiger partial charge is 0.294 e. The average Bonchev–Trinajstić information content (AvgIpc) is 3.08. The molecule has 2 aromatic carbocycles. The zero-order valence-corrected chi connectivity index (χ0v) is 15.8. The quantitative estimate of drug-likeness (QED) is 0.596. The van der Waals surface area contributed by atoms with Crippen molar-refractivity contribution in [2.24, 2.45) is 0 Å². The van der Waals surface area contributed by atoms with Gasteiger partial charge in [0.05, 0.1) is 6.54 Å². The zero-order valence-electron chi connectivity index (χ0n) is 15.8. The van der Waals surface area contributed by atoms with Crippen LogP contribution in [0.4, 0.5) is 5.69 Å². The highest BCUT2D eigenvalue weighted by atomic mass is 16.3. The Hall–Kier alpha value is -3.12. The van der Waals surface area contributed by atoms with Crippen LogP contribution in [0, 0.1) is 6.92 Å². The predicted molar refractivity (Wildman–Crippen MR) is 111 cm³/mol. The Morgan fingerprint density at radius 1 is 1.07 bits per heavy atom. The number of anilines is 1. The molecule has 0 bridgehead atoms. The van der Waals surface area contributed by atoms with Gasteiger partial charge < -0.3 is 14.3 Å². The van der Waals surface area contributed by atoms with Gasteiger partial charge in [-0.3, -0.25) is 9.69 Å². The summed E-state index contributed by atoms with van der Waals surface area (Å²) >= 11 is 0. The van der Waals surface area contributed by atoms with E-state index in [-0.39, 0.29) is 5.56 Å². The number of aromatic nitrogens is 2. The van der Waals surface area contributed by atoms with Crippen LogP contribution >= 0.6 is 0 Å². The van der Waals surface area contributed by atoms with Crippen LogP contribution in [0.1, 0.15) is 11.4 Å². The van der Waals surface area contributed by atoms with Gasteiger partial charge in [-0.1, -0.05) is 24.3 Å². The first-order chi connectivity index (χ1) is 13.7. The summed E-state index contributed by atoms with van der Waals surface area (Å²) in [5, 5.41) is 0.883. The van der Waals surface area contributed by atoms with Gasteiger partial charge in [0.2, 0.25) is 5.58 Å². The van der Waals surface area contributed by atoms with Crippen LogP contribution in [0.5, 0.6) is 0 Å². The number of nitrogens with one attached hydrogen (secondary N) is 1. The molecular formula is C22H22N4O2. The van der Waals surface area contributed by atoms with E-state index in [4.69, 9.17) is 9.40 Å². The molecule has 5 rings (SSSR count). The number of H-pyrrole nitrogens is 1. The van der Waals surface area contributed by atoms with Crippen molar-refractivity contribution in [3.63, 3.8) is 0 Å². The molecule has 0 atom stereocenters. The number of piperazine rings is 1. The summed E-state index contributed by atoms with van der Waals surface area (Å²) in [5.74, 6) is 0.688. The second-order valence-electron chi connectivity index (χ2n) is 7.39. The topological polar surface area (TPSA) is 65.4 Å². The number of benzene rings is 2. The van der Waals surface area contributed by atoms with Crippen molar-refractivity contribution < 1.29 is 4.42 Å². The van der Waals surface area contributed by atoms with E-state index in [0.717, 1.165) is 31.6 Å². The van der Waals surface area contributed by atoms with Gasteiger partial charge in [-0.25, -0.2) is 4.98 Å². The van der Waals surface area contributed by atoms with Gasteiger partial charge in [-0.05, 0) is 36.8 Å². The minimum absolute atomic E-state index is 0.213. The Morgan fingerprint density at radius 2 is 1.89 bits per heavy atom. The fourth-order valence-corrected chi connectivity index (χ4v) is 3.92. The summed E-state index contributed by atoms with van der Waals surface area (Å²) in [7, 11) is 0. The Bertz CT molecular complexity index is 1200. The molecule has 0 amide bonds. The number of hydrogen-bond donors (Lipinski definition) is 1. The average molecular weight is 374 g/mol. The second-order valence-corrected chi connectivity index (χ2v) is 7.39. The Balaban J connectivity index is 1.35. The molecule has 1 fully saturated rings. The van der Waals surface area contributed by atoms with Crippen molar-refractivity contribution in [2.75, 3.05) is 31.1 Å². The van der Waals surface area contributed by atoms with Crippen LogP contribution in [-0.4, -0.2) is 41.0 Å². The molecule has 1 N–H and O–H groups in total. The molecule has 28 heavy (non-hydrogen) atoms. The number of rotatable bonds is 3. The molecular weight excluding hydrogens is 352 g/mol. The molecule has 6 nitrogen and oxygen atoms in total. The summed E-state index contributed by atoms with van der Waals surface area (Å²) in [4.78, 5) is 24.8. The van der Waals surface area contributed by atoms with Crippen LogP contribution in [0.25, 0.3) is 22.1 Å². The summed E-state index contributed by atoms with van der Waals surface area (Å²) in [6, 6.07) is 16.3. The van der Waals surface area contributed by atoms with Crippen molar-refractivity contribution in [3.05, 3.63) is 70.3 Å². The molecule has 142 valence electrons. The molecule has 0 saturated carbocycles. The number of aryl methyl sites for hydroxylation is 1. The molecule has 0 radical (unpaired) electrons. The lowest BCUT2D eigenvalue weighted by Crippen LogP contribution is -2.46. The number of furan rings is 1. The van der Waals surface area contributed by atoms with Crippen LogP contribution < -0.4 is 10.5 Å². The number of nitrogens with zero attached hydrogens (tertiary/aromatic N) is 3. The monoisotopic (exact) mass is 374 g/mol. The third kappa shape index (κ3) is 3.05. The van der Waals surface area contributed by atoms with Gasteiger partial charge in [0.15, 0.2) is 0 Å². The molecule has 4 aromatic rings. The molecule has 1 aliphatic rings. The Kier molecular flexibility index (Phi) is 4.13. The fraction of sp³-hybridized carbons (Fsp3) is 0.273. The Labute approximate surface area is 162 Å². The number of fused-ring (bicyclic) bond motifs is 3. The minimum atomic E-state index is -0.213. The van der Waals surface area contributed by atoms with Crippen molar-refractivity contribution >= 4 is 27.8 Å². The summed E-state index contributed by atoms with van der Waals surface area (Å²) in [6.07, 6.45) is 0. The zero-order chi connectivity index (χ0) is 19.1. The fourth-order valence-electron chi connectivity index (χ4n) is 3.92. The molecule has 1 aliphatic heterocycles. The predicted octanol–water partition coefficient (Wildman–Crippen LogP) is 3.30. The number of aromatic amines is 1.